The van der Waals surface area contributed by atoms with Gasteiger partial charge in [-0.05, 0) is 35.0 Å². The van der Waals surface area contributed by atoms with Crippen molar-refractivity contribution >= 4 is 27.7 Å². The lowest BCUT2D eigenvalue weighted by atomic mass is 10.0. The minimum absolute atomic E-state index is 0.0777. The van der Waals surface area contributed by atoms with E-state index in [1.54, 1.807) is 24.3 Å². The van der Waals surface area contributed by atoms with E-state index < -0.39 is 11.6 Å². The van der Waals surface area contributed by atoms with Crippen LogP contribution in [0.4, 0.5) is 0 Å². The van der Waals surface area contributed by atoms with Crippen LogP contribution in [0.3, 0.4) is 0 Å². The zero-order chi connectivity index (χ0) is 18.8. The quantitative estimate of drug-likeness (QED) is 0.313. The molecule has 0 N–H and O–H groups in total. The molecule has 5 nitrogen and oxygen atoms in total. The van der Waals surface area contributed by atoms with E-state index >= 15 is 0 Å². The average Bonchev–Trinajstić information content (AvgIpc) is 2.71. The zero-order valence-electron chi connectivity index (χ0n) is 14.1. The standard InChI is InChI=1S/C22H13NO4/c23-12-14-4-3-6-16(10-14)22(25)26-13-17-11-20(24)27-19-9-8-15-5-1-2-7-18(15)21(17)19/h1-11H,13H2. The van der Waals surface area contributed by atoms with Crippen LogP contribution in [0.1, 0.15) is 21.5 Å². The van der Waals surface area contributed by atoms with Gasteiger partial charge in [-0.25, -0.2) is 9.59 Å². The molecule has 5 heteroatoms. The van der Waals surface area contributed by atoms with Crippen molar-refractivity contribution in [2.45, 2.75) is 6.61 Å². The molecular formula is C22H13NO4. The molecule has 1 aromatic heterocycles. The Morgan fingerprint density at radius 1 is 1.04 bits per heavy atom. The van der Waals surface area contributed by atoms with Crippen molar-refractivity contribution in [2.75, 3.05) is 0 Å². The second-order valence-corrected chi connectivity index (χ2v) is 6.02. The van der Waals surface area contributed by atoms with Gasteiger partial charge in [-0.3, -0.25) is 0 Å². The molecule has 0 saturated carbocycles. The highest BCUT2D eigenvalue weighted by molar-refractivity contribution is 6.07. The van der Waals surface area contributed by atoms with Gasteiger partial charge in [0, 0.05) is 17.0 Å². The number of fused-ring (bicyclic) bond motifs is 3. The molecule has 0 fully saturated rings. The number of benzene rings is 3. The third kappa shape index (κ3) is 3.16. The number of ether oxygens (including phenoxy) is 1. The van der Waals surface area contributed by atoms with Gasteiger partial charge in [0.05, 0.1) is 17.2 Å². The van der Waals surface area contributed by atoms with E-state index in [2.05, 4.69) is 0 Å². The minimum atomic E-state index is -0.561. The van der Waals surface area contributed by atoms with E-state index in [9.17, 15) is 9.59 Å². The topological polar surface area (TPSA) is 80.3 Å². The molecule has 0 radical (unpaired) electrons. The largest absolute Gasteiger partial charge is 0.457 e. The monoisotopic (exact) mass is 355 g/mol. The van der Waals surface area contributed by atoms with Crippen LogP contribution in [-0.4, -0.2) is 5.97 Å². The Morgan fingerprint density at radius 2 is 1.89 bits per heavy atom. The maximum atomic E-state index is 12.3. The van der Waals surface area contributed by atoms with E-state index in [0.717, 1.165) is 16.2 Å². The first-order valence-corrected chi connectivity index (χ1v) is 8.27. The predicted octanol–water partition coefficient (Wildman–Crippen LogP) is 4.17. The van der Waals surface area contributed by atoms with Crippen molar-refractivity contribution in [3.05, 3.63) is 93.8 Å². The van der Waals surface area contributed by atoms with Gasteiger partial charge in [0.15, 0.2) is 0 Å². The summed E-state index contributed by atoms with van der Waals surface area (Å²) in [6, 6.07) is 20.9. The van der Waals surface area contributed by atoms with Crippen LogP contribution in [0.5, 0.6) is 0 Å². The fraction of sp³-hybridized carbons (Fsp3) is 0.0455. The van der Waals surface area contributed by atoms with Crippen LogP contribution < -0.4 is 5.63 Å². The summed E-state index contributed by atoms with van der Waals surface area (Å²) in [6.45, 7) is -0.0777. The zero-order valence-corrected chi connectivity index (χ0v) is 14.1. The fourth-order valence-corrected chi connectivity index (χ4v) is 3.08. The molecule has 130 valence electrons. The van der Waals surface area contributed by atoms with Crippen LogP contribution >= 0.6 is 0 Å². The number of carbonyl (C=O) groups is 1. The molecule has 0 unspecified atom stereocenters. The molecular weight excluding hydrogens is 342 g/mol. The SMILES string of the molecule is N#Cc1cccc(C(=O)OCc2cc(=O)oc3ccc4ccccc4c23)c1. The summed E-state index contributed by atoms with van der Waals surface area (Å²) in [6.07, 6.45) is 0. The Kier molecular flexibility index (Phi) is 4.15. The van der Waals surface area contributed by atoms with E-state index in [4.69, 9.17) is 14.4 Å². The number of esters is 1. The van der Waals surface area contributed by atoms with Crippen molar-refractivity contribution in [3.8, 4) is 6.07 Å². The van der Waals surface area contributed by atoms with Gasteiger partial charge >= 0.3 is 11.6 Å². The molecule has 0 aliphatic heterocycles. The van der Waals surface area contributed by atoms with Gasteiger partial charge in [0.25, 0.3) is 0 Å². The second-order valence-electron chi connectivity index (χ2n) is 6.02. The molecule has 0 saturated heterocycles. The Labute approximate surface area is 154 Å². The normalized spacial score (nSPS) is 10.6. The van der Waals surface area contributed by atoms with Gasteiger partial charge in [-0.2, -0.15) is 5.26 Å². The lowest BCUT2D eigenvalue weighted by Gasteiger charge is -2.10. The number of hydrogen-bond donors (Lipinski definition) is 0. The summed E-state index contributed by atoms with van der Waals surface area (Å²) in [5.74, 6) is -0.561. The minimum Gasteiger partial charge on any atom is -0.457 e. The summed E-state index contributed by atoms with van der Waals surface area (Å²) in [5, 5.41) is 11.6. The molecule has 1 heterocycles. The third-order valence-electron chi connectivity index (χ3n) is 4.30. The van der Waals surface area contributed by atoms with Gasteiger partial charge in [-0.1, -0.05) is 36.4 Å². The summed E-state index contributed by atoms with van der Waals surface area (Å²) in [4.78, 5) is 24.2. The molecule has 0 aliphatic carbocycles. The highest BCUT2D eigenvalue weighted by atomic mass is 16.5. The summed E-state index contributed by atoms with van der Waals surface area (Å²) in [7, 11) is 0. The average molecular weight is 355 g/mol. The number of rotatable bonds is 3. The fourth-order valence-electron chi connectivity index (χ4n) is 3.08. The van der Waals surface area contributed by atoms with E-state index in [1.807, 2.05) is 36.4 Å². The van der Waals surface area contributed by atoms with Gasteiger partial charge < -0.3 is 9.15 Å². The summed E-state index contributed by atoms with van der Waals surface area (Å²) in [5.41, 5.74) is 1.17. The first-order valence-electron chi connectivity index (χ1n) is 8.27. The smallest absolute Gasteiger partial charge is 0.338 e. The first kappa shape index (κ1) is 16.6. The molecule has 27 heavy (non-hydrogen) atoms. The van der Waals surface area contributed by atoms with Gasteiger partial charge in [0.1, 0.15) is 12.2 Å². The van der Waals surface area contributed by atoms with Crippen molar-refractivity contribution in [1.82, 2.24) is 0 Å². The predicted molar refractivity (Wildman–Crippen MR) is 100 cm³/mol. The van der Waals surface area contributed by atoms with Crippen LogP contribution in [0, 0.1) is 11.3 Å². The van der Waals surface area contributed by atoms with Gasteiger partial charge in [0.2, 0.25) is 0 Å². The van der Waals surface area contributed by atoms with E-state index in [0.29, 0.717) is 16.7 Å². The third-order valence-corrected chi connectivity index (χ3v) is 4.30. The summed E-state index contributed by atoms with van der Waals surface area (Å²) < 4.78 is 10.7. The molecule has 0 amide bonds. The van der Waals surface area contributed by atoms with E-state index in [1.165, 1.54) is 12.1 Å². The Balaban J connectivity index is 1.73. The Hall–Kier alpha value is -3.91. The van der Waals surface area contributed by atoms with Gasteiger partial charge in [-0.15, -0.1) is 0 Å². The second kappa shape index (κ2) is 6.77. The maximum Gasteiger partial charge on any atom is 0.338 e. The summed E-state index contributed by atoms with van der Waals surface area (Å²) >= 11 is 0. The maximum absolute atomic E-state index is 12.3. The molecule has 3 aromatic carbocycles. The Bertz CT molecular complexity index is 1280. The van der Waals surface area contributed by atoms with Crippen LogP contribution in [0.15, 0.2) is 75.9 Å². The molecule has 0 aliphatic rings. The number of nitriles is 1. The van der Waals surface area contributed by atoms with Crippen LogP contribution in [-0.2, 0) is 11.3 Å². The number of nitrogens with zero attached hydrogens (tertiary/aromatic N) is 1. The molecule has 4 aromatic rings. The first-order chi connectivity index (χ1) is 13.2. The lowest BCUT2D eigenvalue weighted by molar-refractivity contribution is 0.0474. The number of hydrogen-bond acceptors (Lipinski definition) is 5. The molecule has 0 atom stereocenters. The highest BCUT2D eigenvalue weighted by Crippen LogP contribution is 2.27. The van der Waals surface area contributed by atoms with Crippen molar-refractivity contribution in [3.63, 3.8) is 0 Å². The molecule has 4 rings (SSSR count). The van der Waals surface area contributed by atoms with E-state index in [-0.39, 0.29) is 12.2 Å². The highest BCUT2D eigenvalue weighted by Gasteiger charge is 2.13. The van der Waals surface area contributed by atoms with Crippen LogP contribution in [0.2, 0.25) is 0 Å². The van der Waals surface area contributed by atoms with Crippen molar-refractivity contribution < 1.29 is 13.9 Å². The van der Waals surface area contributed by atoms with Crippen LogP contribution in [0.25, 0.3) is 21.7 Å². The van der Waals surface area contributed by atoms with Crippen molar-refractivity contribution in [2.24, 2.45) is 0 Å². The lowest BCUT2D eigenvalue weighted by Crippen LogP contribution is -2.08. The Morgan fingerprint density at radius 3 is 2.74 bits per heavy atom. The number of carbonyl (C=O) groups excluding carboxylic acids is 1. The molecule has 0 spiro atoms. The van der Waals surface area contributed by atoms with Crippen molar-refractivity contribution in [1.29, 1.82) is 5.26 Å². The molecule has 0 bridgehead atoms.